The van der Waals surface area contributed by atoms with Crippen LogP contribution in [0.2, 0.25) is 5.02 Å². The minimum Gasteiger partial charge on any atom is -0.512 e. The third-order valence-electron chi connectivity index (χ3n) is 3.16. The van der Waals surface area contributed by atoms with E-state index in [1.54, 1.807) is 30.0 Å². The molecule has 1 aromatic heterocycles. The standard InChI is InChI=1S/C15H13BClNO3S/c1-9-15(13-6-5-10(17)7-14(13)18-9)22-12-4-2-3-11(8-12)21-16(19)20/h2-8,18-20H,1H3. The van der Waals surface area contributed by atoms with Gasteiger partial charge in [-0.2, -0.15) is 0 Å². The Morgan fingerprint density at radius 3 is 2.77 bits per heavy atom. The van der Waals surface area contributed by atoms with E-state index in [2.05, 4.69) is 4.98 Å². The van der Waals surface area contributed by atoms with Gasteiger partial charge in [0, 0.05) is 31.4 Å². The van der Waals surface area contributed by atoms with E-state index in [9.17, 15) is 0 Å². The molecule has 0 radical (unpaired) electrons. The molecule has 0 fully saturated rings. The fourth-order valence-corrected chi connectivity index (χ4v) is 3.48. The zero-order valence-corrected chi connectivity index (χ0v) is 13.3. The van der Waals surface area contributed by atoms with Gasteiger partial charge in [-0.3, -0.25) is 0 Å². The van der Waals surface area contributed by atoms with Crippen molar-refractivity contribution in [3.63, 3.8) is 0 Å². The van der Waals surface area contributed by atoms with E-state index in [1.165, 1.54) is 0 Å². The lowest BCUT2D eigenvalue weighted by molar-refractivity contribution is 0.288. The lowest BCUT2D eigenvalue weighted by atomic mass is 10.2. The van der Waals surface area contributed by atoms with Crippen molar-refractivity contribution in [1.82, 2.24) is 4.98 Å². The van der Waals surface area contributed by atoms with E-state index in [0.717, 1.165) is 26.4 Å². The number of aromatic nitrogens is 1. The van der Waals surface area contributed by atoms with Crippen LogP contribution in [0.4, 0.5) is 0 Å². The van der Waals surface area contributed by atoms with Crippen LogP contribution in [0.1, 0.15) is 5.69 Å². The quantitative estimate of drug-likeness (QED) is 0.638. The van der Waals surface area contributed by atoms with Crippen molar-refractivity contribution in [2.45, 2.75) is 16.7 Å². The summed E-state index contributed by atoms with van der Waals surface area (Å²) in [5, 5.41) is 19.5. The molecule has 112 valence electrons. The molecule has 2 aromatic carbocycles. The number of rotatable bonds is 4. The molecule has 0 saturated heterocycles. The number of hydrogen-bond acceptors (Lipinski definition) is 4. The minimum absolute atomic E-state index is 0.403. The maximum absolute atomic E-state index is 8.87. The molecule has 0 saturated carbocycles. The largest absolute Gasteiger partial charge is 0.707 e. The van der Waals surface area contributed by atoms with Crippen molar-refractivity contribution in [2.75, 3.05) is 0 Å². The van der Waals surface area contributed by atoms with Crippen LogP contribution in [0.25, 0.3) is 10.9 Å². The summed E-state index contributed by atoms with van der Waals surface area (Å²) >= 11 is 7.60. The predicted octanol–water partition coefficient (Wildman–Crippen LogP) is 3.63. The molecule has 0 bridgehead atoms. The highest BCUT2D eigenvalue weighted by Crippen LogP contribution is 2.38. The van der Waals surface area contributed by atoms with Crippen LogP contribution in [0.3, 0.4) is 0 Å². The third-order valence-corrected chi connectivity index (χ3v) is 4.61. The second kappa shape index (κ2) is 6.26. The van der Waals surface area contributed by atoms with Crippen molar-refractivity contribution >= 4 is 41.6 Å². The molecule has 0 unspecified atom stereocenters. The number of hydrogen-bond donors (Lipinski definition) is 3. The van der Waals surface area contributed by atoms with E-state index >= 15 is 0 Å². The van der Waals surface area contributed by atoms with E-state index < -0.39 is 7.32 Å². The van der Waals surface area contributed by atoms with Crippen LogP contribution in [0, 0.1) is 6.92 Å². The van der Waals surface area contributed by atoms with Crippen LogP contribution in [0.15, 0.2) is 52.3 Å². The Morgan fingerprint density at radius 2 is 2.00 bits per heavy atom. The fourth-order valence-electron chi connectivity index (χ4n) is 2.26. The maximum atomic E-state index is 8.87. The van der Waals surface area contributed by atoms with Gasteiger partial charge in [-0.05, 0) is 37.3 Å². The van der Waals surface area contributed by atoms with Gasteiger partial charge in [0.25, 0.3) is 0 Å². The summed E-state index contributed by atoms with van der Waals surface area (Å²) in [5.74, 6) is 0.403. The number of nitrogens with one attached hydrogen (secondary N) is 1. The molecule has 4 nitrogen and oxygen atoms in total. The summed E-state index contributed by atoms with van der Waals surface area (Å²) in [6.07, 6.45) is 0. The second-order valence-corrected chi connectivity index (χ2v) is 6.31. The molecule has 7 heteroatoms. The van der Waals surface area contributed by atoms with Gasteiger partial charge < -0.3 is 19.7 Å². The van der Waals surface area contributed by atoms with Gasteiger partial charge in [-0.25, -0.2) is 0 Å². The average molecular weight is 334 g/mol. The molecule has 0 aliphatic carbocycles. The molecule has 3 aromatic rings. The molecule has 22 heavy (non-hydrogen) atoms. The topological polar surface area (TPSA) is 65.5 Å². The third kappa shape index (κ3) is 3.25. The van der Waals surface area contributed by atoms with Crippen molar-refractivity contribution in [1.29, 1.82) is 0 Å². The van der Waals surface area contributed by atoms with Crippen molar-refractivity contribution < 1.29 is 14.7 Å². The Morgan fingerprint density at radius 1 is 1.18 bits per heavy atom. The highest BCUT2D eigenvalue weighted by atomic mass is 35.5. The number of fused-ring (bicyclic) bond motifs is 1. The number of halogens is 1. The summed E-state index contributed by atoms with van der Waals surface area (Å²) < 4.78 is 4.88. The summed E-state index contributed by atoms with van der Waals surface area (Å²) in [4.78, 5) is 5.37. The zero-order valence-electron chi connectivity index (χ0n) is 11.7. The molecular weight excluding hydrogens is 321 g/mol. The van der Waals surface area contributed by atoms with Gasteiger partial charge in [0.2, 0.25) is 0 Å². The van der Waals surface area contributed by atoms with Crippen LogP contribution >= 0.6 is 23.4 Å². The lowest BCUT2D eigenvalue weighted by Crippen LogP contribution is -2.20. The normalized spacial score (nSPS) is 10.9. The van der Waals surface area contributed by atoms with Crippen molar-refractivity contribution in [2.24, 2.45) is 0 Å². The Labute approximate surface area is 137 Å². The van der Waals surface area contributed by atoms with Gasteiger partial charge >= 0.3 is 7.32 Å². The van der Waals surface area contributed by atoms with E-state index in [4.69, 9.17) is 26.3 Å². The summed E-state index contributed by atoms with van der Waals surface area (Å²) in [6.45, 7) is 2.01. The van der Waals surface area contributed by atoms with Gasteiger partial charge in [0.1, 0.15) is 5.75 Å². The number of aryl methyl sites for hydroxylation is 1. The highest BCUT2D eigenvalue weighted by Gasteiger charge is 2.13. The molecule has 0 amide bonds. The lowest BCUT2D eigenvalue weighted by Gasteiger charge is -2.07. The molecule has 0 atom stereocenters. The fraction of sp³-hybridized carbons (Fsp3) is 0.0667. The van der Waals surface area contributed by atoms with E-state index in [-0.39, 0.29) is 0 Å². The van der Waals surface area contributed by atoms with Gasteiger partial charge in [0.05, 0.1) is 0 Å². The van der Waals surface area contributed by atoms with Crippen LogP contribution in [-0.2, 0) is 0 Å². The monoisotopic (exact) mass is 333 g/mol. The Bertz CT molecular complexity index is 822. The molecule has 3 rings (SSSR count). The first-order valence-corrected chi connectivity index (χ1v) is 7.81. The Hall–Kier alpha value is -1.60. The Balaban J connectivity index is 1.94. The maximum Gasteiger partial charge on any atom is 0.707 e. The van der Waals surface area contributed by atoms with Gasteiger partial charge in [0.15, 0.2) is 0 Å². The minimum atomic E-state index is -1.82. The average Bonchev–Trinajstić information content (AvgIpc) is 2.74. The summed E-state index contributed by atoms with van der Waals surface area (Å²) in [7, 11) is -1.82. The van der Waals surface area contributed by atoms with Gasteiger partial charge in [-0.1, -0.05) is 35.5 Å². The first kappa shape index (κ1) is 15.3. The predicted molar refractivity (Wildman–Crippen MR) is 89.4 cm³/mol. The first-order chi connectivity index (χ1) is 10.5. The van der Waals surface area contributed by atoms with E-state index in [0.29, 0.717) is 10.8 Å². The highest BCUT2D eigenvalue weighted by molar-refractivity contribution is 7.99. The first-order valence-electron chi connectivity index (χ1n) is 6.61. The van der Waals surface area contributed by atoms with Crippen molar-refractivity contribution in [3.8, 4) is 5.75 Å². The summed E-state index contributed by atoms with van der Waals surface area (Å²) in [5.41, 5.74) is 2.04. The van der Waals surface area contributed by atoms with Crippen LogP contribution in [0.5, 0.6) is 5.75 Å². The number of H-pyrrole nitrogens is 1. The van der Waals surface area contributed by atoms with Crippen LogP contribution in [-0.4, -0.2) is 22.4 Å². The number of aromatic amines is 1. The van der Waals surface area contributed by atoms with Gasteiger partial charge in [-0.15, -0.1) is 0 Å². The molecular formula is C15H13BClNO3S. The molecule has 0 aliphatic rings. The Kier molecular flexibility index (Phi) is 4.36. The summed E-state index contributed by atoms with van der Waals surface area (Å²) in [6, 6.07) is 12.9. The second-order valence-electron chi connectivity index (χ2n) is 4.79. The smallest absolute Gasteiger partial charge is 0.512 e. The molecule has 3 N–H and O–H groups in total. The molecule has 0 aliphatic heterocycles. The SMILES string of the molecule is Cc1[nH]c2cc(Cl)ccc2c1Sc1cccc(OB(O)O)c1. The molecule has 0 spiro atoms. The zero-order chi connectivity index (χ0) is 15.7. The van der Waals surface area contributed by atoms with Crippen molar-refractivity contribution in [3.05, 3.63) is 53.2 Å². The number of benzene rings is 2. The molecule has 1 heterocycles. The van der Waals surface area contributed by atoms with Crippen LogP contribution < -0.4 is 4.65 Å². The van der Waals surface area contributed by atoms with E-state index in [1.807, 2.05) is 31.2 Å².